The van der Waals surface area contributed by atoms with E-state index in [2.05, 4.69) is 9.97 Å². The Hall–Kier alpha value is -2.34. The minimum atomic E-state index is -4.69. The Morgan fingerprint density at radius 3 is 2.59 bits per heavy atom. The number of anilines is 3. The van der Waals surface area contributed by atoms with Gasteiger partial charge in [-0.25, -0.2) is 14.6 Å². The van der Waals surface area contributed by atoms with Crippen molar-refractivity contribution in [1.29, 1.82) is 0 Å². The Balaban J connectivity index is 1.98. The minimum absolute atomic E-state index is 0.0937. The fourth-order valence-corrected chi connectivity index (χ4v) is 3.66. The monoisotopic (exact) mass is 482 g/mol. The SMILES string of the molecule is C[C@@H](Oc1nc(N(N)CC2(C)CC=CC=C2Cl)c(N)c(N2CCC(F)(F)C2)n1)C(F)(F)F. The van der Waals surface area contributed by atoms with Crippen LogP contribution in [0.3, 0.4) is 0 Å². The zero-order valence-electron chi connectivity index (χ0n) is 17.5. The molecule has 1 saturated heterocycles. The van der Waals surface area contributed by atoms with E-state index in [-0.39, 0.29) is 30.4 Å². The van der Waals surface area contributed by atoms with Crippen molar-refractivity contribution in [2.75, 3.05) is 35.3 Å². The first-order valence-electron chi connectivity index (χ1n) is 9.80. The number of nitrogen functional groups attached to an aromatic ring is 1. The number of nitrogens with zero attached hydrogens (tertiary/aromatic N) is 4. The Morgan fingerprint density at radius 1 is 1.34 bits per heavy atom. The van der Waals surface area contributed by atoms with Crippen LogP contribution in [-0.2, 0) is 0 Å². The highest BCUT2D eigenvalue weighted by molar-refractivity contribution is 6.30. The first kappa shape index (κ1) is 24.3. The number of aromatic nitrogens is 2. The predicted octanol–water partition coefficient (Wildman–Crippen LogP) is 4.00. The van der Waals surface area contributed by atoms with Gasteiger partial charge in [-0.05, 0) is 19.4 Å². The van der Waals surface area contributed by atoms with Gasteiger partial charge in [0.05, 0.1) is 6.54 Å². The molecular weight excluding hydrogens is 459 g/mol. The van der Waals surface area contributed by atoms with E-state index in [9.17, 15) is 22.0 Å². The maximum absolute atomic E-state index is 13.8. The Labute approximate surface area is 186 Å². The zero-order chi connectivity index (χ0) is 23.9. The molecule has 4 N–H and O–H groups in total. The van der Waals surface area contributed by atoms with E-state index >= 15 is 0 Å². The lowest BCUT2D eigenvalue weighted by atomic mass is 9.83. The van der Waals surface area contributed by atoms with Gasteiger partial charge in [0.15, 0.2) is 17.7 Å². The fourth-order valence-electron chi connectivity index (χ4n) is 3.45. The molecule has 32 heavy (non-hydrogen) atoms. The zero-order valence-corrected chi connectivity index (χ0v) is 18.2. The van der Waals surface area contributed by atoms with Gasteiger partial charge in [-0.15, -0.1) is 0 Å². The van der Waals surface area contributed by atoms with E-state index in [1.165, 1.54) is 4.90 Å². The fraction of sp³-hybridized carbons (Fsp3) is 0.579. The molecule has 0 aromatic carbocycles. The Kier molecular flexibility index (Phi) is 6.49. The first-order valence-corrected chi connectivity index (χ1v) is 10.2. The van der Waals surface area contributed by atoms with E-state index in [4.69, 9.17) is 27.9 Å². The highest BCUT2D eigenvalue weighted by Gasteiger charge is 2.42. The molecule has 2 atom stereocenters. The molecular formula is C19H24ClF5N6O. The van der Waals surface area contributed by atoms with Crippen LogP contribution in [0.1, 0.15) is 26.7 Å². The number of hydrogen-bond acceptors (Lipinski definition) is 7. The number of ether oxygens (including phenoxy) is 1. The van der Waals surface area contributed by atoms with Crippen molar-refractivity contribution in [3.8, 4) is 6.01 Å². The van der Waals surface area contributed by atoms with Gasteiger partial charge in [0, 0.05) is 30.0 Å². The normalized spacial score (nSPS) is 23.8. The van der Waals surface area contributed by atoms with Gasteiger partial charge in [0.2, 0.25) is 0 Å². The molecule has 1 aliphatic carbocycles. The molecule has 2 heterocycles. The third-order valence-corrected chi connectivity index (χ3v) is 5.99. The van der Waals surface area contributed by atoms with Crippen molar-refractivity contribution in [3.05, 3.63) is 23.3 Å². The predicted molar refractivity (Wildman–Crippen MR) is 112 cm³/mol. The van der Waals surface area contributed by atoms with Crippen LogP contribution >= 0.6 is 11.6 Å². The van der Waals surface area contributed by atoms with E-state index in [0.29, 0.717) is 11.5 Å². The molecule has 178 valence electrons. The number of hydrazine groups is 1. The molecule has 1 aromatic rings. The lowest BCUT2D eigenvalue weighted by molar-refractivity contribution is -0.190. The van der Waals surface area contributed by atoms with Gasteiger partial charge in [-0.1, -0.05) is 30.7 Å². The van der Waals surface area contributed by atoms with Crippen LogP contribution in [0, 0.1) is 5.41 Å². The number of nitrogens with two attached hydrogens (primary N) is 2. The van der Waals surface area contributed by atoms with Crippen molar-refractivity contribution < 1.29 is 26.7 Å². The molecule has 0 amide bonds. The number of alkyl halides is 5. The molecule has 1 fully saturated rings. The molecule has 7 nitrogen and oxygen atoms in total. The van der Waals surface area contributed by atoms with E-state index in [0.717, 1.165) is 11.9 Å². The summed E-state index contributed by atoms with van der Waals surface area (Å²) in [7, 11) is 0. The van der Waals surface area contributed by atoms with Crippen molar-refractivity contribution in [2.45, 2.75) is 44.9 Å². The average Bonchev–Trinajstić information content (AvgIpc) is 3.04. The Bertz CT molecular complexity index is 924. The second-order valence-electron chi connectivity index (χ2n) is 8.23. The quantitative estimate of drug-likeness (QED) is 0.359. The first-order chi connectivity index (χ1) is 14.7. The van der Waals surface area contributed by atoms with E-state index in [1.54, 1.807) is 12.2 Å². The highest BCUT2D eigenvalue weighted by atomic mass is 35.5. The molecule has 1 unspecified atom stereocenters. The second kappa shape index (κ2) is 8.54. The minimum Gasteiger partial charge on any atom is -0.451 e. The van der Waals surface area contributed by atoms with Gasteiger partial charge >= 0.3 is 12.2 Å². The summed E-state index contributed by atoms with van der Waals surface area (Å²) in [4.78, 5) is 9.04. The van der Waals surface area contributed by atoms with Crippen LogP contribution in [0.5, 0.6) is 6.01 Å². The maximum atomic E-state index is 13.8. The molecule has 1 aliphatic heterocycles. The molecule has 1 aromatic heterocycles. The second-order valence-corrected chi connectivity index (χ2v) is 8.64. The van der Waals surface area contributed by atoms with Crippen molar-refractivity contribution in [2.24, 2.45) is 11.3 Å². The summed E-state index contributed by atoms with van der Waals surface area (Å²) in [6.45, 7) is 1.94. The lowest BCUT2D eigenvalue weighted by Crippen LogP contribution is -2.42. The van der Waals surface area contributed by atoms with Gasteiger partial charge in [0.25, 0.3) is 5.92 Å². The molecule has 0 spiro atoms. The summed E-state index contributed by atoms with van der Waals surface area (Å²) >= 11 is 6.33. The van der Waals surface area contributed by atoms with Crippen molar-refractivity contribution >= 4 is 28.9 Å². The molecule has 0 radical (unpaired) electrons. The largest absolute Gasteiger partial charge is 0.451 e. The molecule has 0 saturated carbocycles. The lowest BCUT2D eigenvalue weighted by Gasteiger charge is -2.35. The van der Waals surface area contributed by atoms with Crippen LogP contribution in [0.15, 0.2) is 23.3 Å². The number of allylic oxidation sites excluding steroid dienone is 3. The molecule has 13 heteroatoms. The third kappa shape index (κ3) is 5.17. The number of halogens is 6. The summed E-state index contributed by atoms with van der Waals surface area (Å²) in [5, 5.41) is 1.64. The van der Waals surface area contributed by atoms with Crippen LogP contribution in [0.25, 0.3) is 0 Å². The number of hydrogen-bond donors (Lipinski definition) is 2. The summed E-state index contributed by atoms with van der Waals surface area (Å²) in [6, 6.07) is -0.671. The van der Waals surface area contributed by atoms with Crippen molar-refractivity contribution in [1.82, 2.24) is 9.97 Å². The summed E-state index contributed by atoms with van der Waals surface area (Å²) < 4.78 is 71.4. The van der Waals surface area contributed by atoms with Gasteiger partial charge in [-0.2, -0.15) is 23.1 Å². The highest BCUT2D eigenvalue weighted by Crippen LogP contribution is 2.41. The standard InChI is InChI=1S/C19H24ClF5N6O/c1-11(19(23,24)25)32-16-28-14(30-8-7-18(21,22)10-30)13(26)15(29-16)31(27)9-17(2)6-4-3-5-12(17)20/h3-5,11H,6-10,26-27H2,1-2H3/t11-,17?/m1/s1. The van der Waals surface area contributed by atoms with Crippen LogP contribution in [0.4, 0.5) is 39.3 Å². The van der Waals surface area contributed by atoms with Crippen LogP contribution < -0.4 is 26.2 Å². The summed E-state index contributed by atoms with van der Waals surface area (Å²) in [5.74, 6) is 2.90. The summed E-state index contributed by atoms with van der Waals surface area (Å²) in [5.41, 5.74) is 5.38. The smallest absolute Gasteiger partial charge is 0.425 e. The topological polar surface area (TPSA) is 93.5 Å². The van der Waals surface area contributed by atoms with Crippen LogP contribution in [-0.4, -0.2) is 47.8 Å². The van der Waals surface area contributed by atoms with Crippen molar-refractivity contribution in [3.63, 3.8) is 0 Å². The molecule has 3 rings (SSSR count). The summed E-state index contributed by atoms with van der Waals surface area (Å²) in [6.07, 6.45) is -1.44. The molecule has 0 bridgehead atoms. The number of rotatable bonds is 6. The Morgan fingerprint density at radius 2 is 2.03 bits per heavy atom. The van der Waals surface area contributed by atoms with Gasteiger partial charge in [0.1, 0.15) is 5.69 Å². The van der Waals surface area contributed by atoms with Gasteiger partial charge < -0.3 is 15.4 Å². The van der Waals surface area contributed by atoms with E-state index in [1.807, 2.05) is 13.0 Å². The molecule has 2 aliphatic rings. The average molecular weight is 483 g/mol. The van der Waals surface area contributed by atoms with Gasteiger partial charge in [-0.3, -0.25) is 5.01 Å². The van der Waals surface area contributed by atoms with Crippen LogP contribution in [0.2, 0.25) is 0 Å². The third-order valence-electron chi connectivity index (χ3n) is 5.41. The van der Waals surface area contributed by atoms with E-state index < -0.39 is 42.6 Å². The maximum Gasteiger partial charge on any atom is 0.425 e.